The average molecular weight is 361 g/mol. The number of para-hydroxylation sites is 2. The molecule has 1 N–H and O–H groups in total. The van der Waals surface area contributed by atoms with E-state index in [2.05, 4.69) is 5.32 Å². The van der Waals surface area contributed by atoms with Crippen LogP contribution in [0.2, 0.25) is 0 Å². The highest BCUT2D eigenvalue weighted by molar-refractivity contribution is 7.92. The molecule has 0 bridgehead atoms. The van der Waals surface area contributed by atoms with E-state index in [1.807, 2.05) is 0 Å². The molecule has 7 heteroatoms. The minimum atomic E-state index is -3.88. The molecule has 0 heterocycles. The van der Waals surface area contributed by atoms with Crippen molar-refractivity contribution in [3.63, 3.8) is 0 Å². The Labute approximate surface area is 146 Å². The molecule has 0 fully saturated rings. The number of ketones is 1. The Kier molecular flexibility index (Phi) is 6.30. The third-order valence-corrected chi connectivity index (χ3v) is 4.66. The number of carbonyl (C=O) groups excluding carboxylic acids is 2. The molecule has 6 nitrogen and oxygen atoms in total. The quantitative estimate of drug-likeness (QED) is 0.729. The fourth-order valence-electron chi connectivity index (χ4n) is 2.20. The standard InChI is InChI=1S/C18H19NO5S/c1-2-24-17-11-7-6-10-15(17)19-18(21)13-25(22,23)12-16(20)14-8-4-3-5-9-14/h3-11H,2,12-13H2,1H3,(H,19,21). The molecule has 0 aliphatic carbocycles. The van der Waals surface area contributed by atoms with Gasteiger partial charge in [0, 0.05) is 5.56 Å². The second kappa shape index (κ2) is 8.43. The second-order valence-electron chi connectivity index (χ2n) is 5.30. The van der Waals surface area contributed by atoms with Crippen LogP contribution >= 0.6 is 0 Å². The van der Waals surface area contributed by atoms with Crippen molar-refractivity contribution in [1.82, 2.24) is 0 Å². The molecule has 25 heavy (non-hydrogen) atoms. The number of sulfone groups is 1. The van der Waals surface area contributed by atoms with E-state index >= 15 is 0 Å². The van der Waals surface area contributed by atoms with Gasteiger partial charge in [0.1, 0.15) is 17.3 Å². The van der Waals surface area contributed by atoms with Gasteiger partial charge in [-0.15, -0.1) is 0 Å². The third kappa shape index (κ3) is 5.72. The number of anilines is 1. The molecular weight excluding hydrogens is 342 g/mol. The van der Waals surface area contributed by atoms with Gasteiger partial charge in [0.2, 0.25) is 5.91 Å². The average Bonchev–Trinajstić information content (AvgIpc) is 2.56. The minimum absolute atomic E-state index is 0.299. The number of hydrogen-bond acceptors (Lipinski definition) is 5. The zero-order valence-electron chi connectivity index (χ0n) is 13.8. The minimum Gasteiger partial charge on any atom is -0.492 e. The van der Waals surface area contributed by atoms with Crippen molar-refractivity contribution >= 4 is 27.2 Å². The monoisotopic (exact) mass is 361 g/mol. The first-order valence-electron chi connectivity index (χ1n) is 7.71. The molecule has 2 aromatic carbocycles. The lowest BCUT2D eigenvalue weighted by molar-refractivity contribution is -0.113. The summed E-state index contributed by atoms with van der Waals surface area (Å²) in [7, 11) is -3.88. The summed E-state index contributed by atoms with van der Waals surface area (Å²) in [4.78, 5) is 24.1. The summed E-state index contributed by atoms with van der Waals surface area (Å²) in [6.07, 6.45) is 0. The van der Waals surface area contributed by atoms with Crippen molar-refractivity contribution in [2.45, 2.75) is 6.92 Å². The fourth-order valence-corrected chi connectivity index (χ4v) is 3.34. The van der Waals surface area contributed by atoms with Crippen LogP contribution in [0.25, 0.3) is 0 Å². The number of Topliss-reactive ketones (excluding diaryl/α,β-unsaturated/α-hetero) is 1. The smallest absolute Gasteiger partial charge is 0.239 e. The Morgan fingerprint density at radius 2 is 1.60 bits per heavy atom. The van der Waals surface area contributed by atoms with Crippen LogP contribution in [-0.2, 0) is 14.6 Å². The summed E-state index contributed by atoms with van der Waals surface area (Å²) >= 11 is 0. The zero-order valence-corrected chi connectivity index (χ0v) is 14.6. The van der Waals surface area contributed by atoms with Crippen molar-refractivity contribution in [1.29, 1.82) is 0 Å². The highest BCUT2D eigenvalue weighted by atomic mass is 32.2. The van der Waals surface area contributed by atoms with Crippen LogP contribution < -0.4 is 10.1 Å². The van der Waals surface area contributed by atoms with E-state index in [-0.39, 0.29) is 0 Å². The number of amides is 1. The Morgan fingerprint density at radius 1 is 0.960 bits per heavy atom. The molecule has 0 aliphatic heterocycles. The molecular formula is C18H19NO5S. The second-order valence-corrected chi connectivity index (χ2v) is 7.36. The topological polar surface area (TPSA) is 89.5 Å². The van der Waals surface area contributed by atoms with Crippen LogP contribution in [0.3, 0.4) is 0 Å². The van der Waals surface area contributed by atoms with E-state index in [1.54, 1.807) is 49.4 Å². The Morgan fingerprint density at radius 3 is 2.28 bits per heavy atom. The highest BCUT2D eigenvalue weighted by Gasteiger charge is 2.22. The number of nitrogens with one attached hydrogen (secondary N) is 1. The van der Waals surface area contributed by atoms with Crippen molar-refractivity contribution < 1.29 is 22.7 Å². The SMILES string of the molecule is CCOc1ccccc1NC(=O)CS(=O)(=O)CC(=O)c1ccccc1. The molecule has 0 aliphatic rings. The van der Waals surface area contributed by atoms with E-state index in [0.717, 1.165) is 0 Å². The molecule has 0 aromatic heterocycles. The van der Waals surface area contributed by atoms with Crippen LogP contribution in [0.1, 0.15) is 17.3 Å². The first kappa shape index (κ1) is 18.7. The van der Waals surface area contributed by atoms with Gasteiger partial charge in [-0.1, -0.05) is 42.5 Å². The van der Waals surface area contributed by atoms with E-state index in [4.69, 9.17) is 4.74 Å². The largest absolute Gasteiger partial charge is 0.492 e. The lowest BCUT2D eigenvalue weighted by atomic mass is 10.2. The van der Waals surface area contributed by atoms with Gasteiger partial charge in [0.05, 0.1) is 12.3 Å². The van der Waals surface area contributed by atoms with Crippen LogP contribution in [-0.4, -0.2) is 38.2 Å². The number of hydrogen-bond donors (Lipinski definition) is 1. The van der Waals surface area contributed by atoms with Crippen molar-refractivity contribution in [2.24, 2.45) is 0 Å². The first-order valence-corrected chi connectivity index (χ1v) is 9.54. The van der Waals surface area contributed by atoms with Gasteiger partial charge in [0.25, 0.3) is 0 Å². The predicted molar refractivity (Wildman–Crippen MR) is 95.7 cm³/mol. The summed E-state index contributed by atoms with van der Waals surface area (Å²) in [5.74, 6) is -2.28. The molecule has 132 valence electrons. The van der Waals surface area contributed by atoms with Gasteiger partial charge < -0.3 is 10.1 Å². The molecule has 1 amide bonds. The summed E-state index contributed by atoms with van der Waals surface area (Å²) in [5, 5.41) is 2.51. The van der Waals surface area contributed by atoms with Gasteiger partial charge >= 0.3 is 0 Å². The predicted octanol–water partition coefficient (Wildman–Crippen LogP) is 2.32. The maximum Gasteiger partial charge on any atom is 0.239 e. The van der Waals surface area contributed by atoms with Crippen LogP contribution in [0.15, 0.2) is 54.6 Å². The summed E-state index contributed by atoms with van der Waals surface area (Å²) in [6.45, 7) is 2.22. The number of benzene rings is 2. The first-order chi connectivity index (χ1) is 11.9. The van der Waals surface area contributed by atoms with Gasteiger partial charge in [-0.3, -0.25) is 9.59 Å². The number of carbonyl (C=O) groups is 2. The maximum absolute atomic E-state index is 12.1. The molecule has 2 aromatic rings. The van der Waals surface area contributed by atoms with Gasteiger partial charge in [-0.25, -0.2) is 8.42 Å². The molecule has 0 saturated carbocycles. The maximum atomic E-state index is 12.1. The van der Waals surface area contributed by atoms with E-state index in [1.165, 1.54) is 12.1 Å². The van der Waals surface area contributed by atoms with Crippen LogP contribution in [0.5, 0.6) is 5.75 Å². The van der Waals surface area contributed by atoms with Crippen molar-refractivity contribution in [2.75, 3.05) is 23.4 Å². The molecule has 0 saturated heterocycles. The Bertz CT molecular complexity index is 847. The van der Waals surface area contributed by atoms with Crippen molar-refractivity contribution in [3.8, 4) is 5.75 Å². The number of ether oxygens (including phenoxy) is 1. The lowest BCUT2D eigenvalue weighted by Gasteiger charge is -2.11. The highest BCUT2D eigenvalue weighted by Crippen LogP contribution is 2.23. The van der Waals surface area contributed by atoms with E-state index < -0.39 is 33.0 Å². The van der Waals surface area contributed by atoms with Gasteiger partial charge in [0.15, 0.2) is 15.6 Å². The Balaban J connectivity index is 2.01. The summed E-state index contributed by atoms with van der Waals surface area (Å²) < 4.78 is 29.6. The normalized spacial score (nSPS) is 10.9. The molecule has 0 radical (unpaired) electrons. The van der Waals surface area contributed by atoms with Gasteiger partial charge in [-0.2, -0.15) is 0 Å². The molecule has 0 atom stereocenters. The fraction of sp³-hybridized carbons (Fsp3) is 0.222. The molecule has 2 rings (SSSR count). The zero-order chi connectivity index (χ0) is 18.3. The molecule has 0 spiro atoms. The van der Waals surface area contributed by atoms with E-state index in [9.17, 15) is 18.0 Å². The third-order valence-electron chi connectivity index (χ3n) is 3.26. The summed E-state index contributed by atoms with van der Waals surface area (Å²) in [6, 6.07) is 14.8. The van der Waals surface area contributed by atoms with Crippen LogP contribution in [0, 0.1) is 0 Å². The Hall–Kier alpha value is -2.67. The molecule has 0 unspecified atom stereocenters. The summed E-state index contributed by atoms with van der Waals surface area (Å²) in [5.41, 5.74) is 0.687. The lowest BCUT2D eigenvalue weighted by Crippen LogP contribution is -2.27. The van der Waals surface area contributed by atoms with Crippen molar-refractivity contribution in [3.05, 3.63) is 60.2 Å². The van der Waals surface area contributed by atoms with E-state index in [0.29, 0.717) is 23.6 Å². The number of rotatable bonds is 8. The van der Waals surface area contributed by atoms with Gasteiger partial charge in [-0.05, 0) is 19.1 Å². The van der Waals surface area contributed by atoms with Crippen LogP contribution in [0.4, 0.5) is 5.69 Å².